The van der Waals surface area contributed by atoms with Crippen molar-refractivity contribution in [1.29, 1.82) is 0 Å². The molecular weight excluding hydrogens is 256 g/mol. The molecule has 1 aliphatic heterocycles. The summed E-state index contributed by atoms with van der Waals surface area (Å²) in [4.78, 5) is 23.8. The lowest BCUT2D eigenvalue weighted by Gasteiger charge is -2.26. The fourth-order valence-electron chi connectivity index (χ4n) is 3.95. The van der Waals surface area contributed by atoms with Gasteiger partial charge in [-0.3, -0.25) is 9.59 Å². The maximum atomic E-state index is 12.1. The van der Waals surface area contributed by atoms with E-state index >= 15 is 0 Å². The summed E-state index contributed by atoms with van der Waals surface area (Å²) >= 11 is 0. The Balaban J connectivity index is 1.56. The predicted octanol–water partition coefficient (Wildman–Crippen LogP) is 2.47. The summed E-state index contributed by atoms with van der Waals surface area (Å²) in [5.74, 6) is 0.371. The number of hydrogen-bond acceptors (Lipinski definition) is 4. The molecule has 1 saturated heterocycles. The number of rotatable bonds is 5. The molecule has 6 unspecified atom stereocenters. The Kier molecular flexibility index (Phi) is 3.57. The number of ether oxygens (including phenoxy) is 2. The van der Waals surface area contributed by atoms with E-state index in [1.807, 2.05) is 19.9 Å². The van der Waals surface area contributed by atoms with Gasteiger partial charge in [0.15, 0.2) is 0 Å². The van der Waals surface area contributed by atoms with Gasteiger partial charge in [0.1, 0.15) is 12.2 Å². The lowest BCUT2D eigenvalue weighted by atomic mass is 9.88. The molecule has 0 amide bonds. The fourth-order valence-corrected chi connectivity index (χ4v) is 3.95. The van der Waals surface area contributed by atoms with Gasteiger partial charge in [0.05, 0.1) is 11.8 Å². The molecule has 6 atom stereocenters. The highest BCUT2D eigenvalue weighted by Gasteiger charge is 2.63. The van der Waals surface area contributed by atoms with Gasteiger partial charge in [-0.25, -0.2) is 0 Å². The van der Waals surface area contributed by atoms with Crippen LogP contribution < -0.4 is 0 Å². The zero-order valence-electron chi connectivity index (χ0n) is 12.1. The minimum absolute atomic E-state index is 0.0760. The molecule has 1 heterocycles. The van der Waals surface area contributed by atoms with E-state index in [2.05, 4.69) is 6.08 Å². The fraction of sp³-hybridized carbons (Fsp3) is 0.750. The molecule has 0 aromatic carbocycles. The first-order chi connectivity index (χ1) is 9.61. The first-order valence-corrected chi connectivity index (χ1v) is 7.64. The zero-order valence-corrected chi connectivity index (χ0v) is 12.1. The highest BCUT2D eigenvalue weighted by Crippen LogP contribution is 2.55. The number of fused-ring (bicyclic) bond motifs is 1. The second-order valence-corrected chi connectivity index (χ2v) is 6.35. The van der Waals surface area contributed by atoms with Gasteiger partial charge in [0, 0.05) is 11.8 Å². The van der Waals surface area contributed by atoms with Crippen molar-refractivity contribution in [2.24, 2.45) is 23.7 Å². The van der Waals surface area contributed by atoms with Gasteiger partial charge in [0.25, 0.3) is 0 Å². The first-order valence-electron chi connectivity index (χ1n) is 7.64. The Labute approximate surface area is 119 Å². The summed E-state index contributed by atoms with van der Waals surface area (Å²) in [5.41, 5.74) is 0. The molecule has 0 aromatic heterocycles. The molecule has 0 N–H and O–H groups in total. The Hall–Kier alpha value is -1.32. The highest BCUT2D eigenvalue weighted by molar-refractivity contribution is 5.77. The van der Waals surface area contributed by atoms with Gasteiger partial charge >= 0.3 is 11.9 Å². The Bertz CT molecular complexity index is 442. The summed E-state index contributed by atoms with van der Waals surface area (Å²) in [6.45, 7) is 3.88. The van der Waals surface area contributed by atoms with Crippen molar-refractivity contribution in [1.82, 2.24) is 0 Å². The first kappa shape index (κ1) is 13.7. The van der Waals surface area contributed by atoms with Gasteiger partial charge in [-0.15, -0.1) is 0 Å². The van der Waals surface area contributed by atoms with Crippen LogP contribution in [0, 0.1) is 23.7 Å². The summed E-state index contributed by atoms with van der Waals surface area (Å²) in [5, 5.41) is 0. The summed E-state index contributed by atoms with van der Waals surface area (Å²) in [6, 6.07) is 0. The maximum Gasteiger partial charge on any atom is 0.309 e. The van der Waals surface area contributed by atoms with E-state index in [1.165, 1.54) is 0 Å². The van der Waals surface area contributed by atoms with Crippen molar-refractivity contribution in [2.45, 2.75) is 51.7 Å². The van der Waals surface area contributed by atoms with E-state index in [-0.39, 0.29) is 36.0 Å². The van der Waals surface area contributed by atoms with Crippen LogP contribution in [-0.4, -0.2) is 24.1 Å². The highest BCUT2D eigenvalue weighted by atomic mass is 16.6. The third-order valence-corrected chi connectivity index (χ3v) is 5.07. The minimum Gasteiger partial charge on any atom is -0.458 e. The molecule has 3 aliphatic rings. The van der Waals surface area contributed by atoms with Crippen molar-refractivity contribution < 1.29 is 19.1 Å². The monoisotopic (exact) mass is 278 g/mol. The summed E-state index contributed by atoms with van der Waals surface area (Å²) < 4.78 is 11.1. The molecule has 4 heteroatoms. The molecule has 0 spiro atoms. The molecule has 0 radical (unpaired) electrons. The quantitative estimate of drug-likeness (QED) is 0.572. The van der Waals surface area contributed by atoms with Crippen molar-refractivity contribution in [2.75, 3.05) is 0 Å². The van der Waals surface area contributed by atoms with Gasteiger partial charge in [0.2, 0.25) is 0 Å². The molecule has 20 heavy (non-hydrogen) atoms. The topological polar surface area (TPSA) is 52.6 Å². The van der Waals surface area contributed by atoms with E-state index in [0.29, 0.717) is 11.8 Å². The number of hydrogen-bond donors (Lipinski definition) is 0. The van der Waals surface area contributed by atoms with E-state index in [9.17, 15) is 9.59 Å². The second-order valence-electron chi connectivity index (χ2n) is 6.35. The molecule has 0 aromatic rings. The average Bonchev–Trinajstić information content (AvgIpc) is 3.03. The number of carbonyl (C=O) groups excluding carboxylic acids is 2. The van der Waals surface area contributed by atoms with Crippen molar-refractivity contribution >= 4 is 11.9 Å². The standard InChI is InChI=1S/C16H22O4/c1-3-4-5-6-9(2)15(17)19-13-10-7-11-12(8-10)16(18)20-14(11)13/h3-4,9-14H,5-8H2,1-2H3. The Morgan fingerprint density at radius 1 is 1.50 bits per heavy atom. The van der Waals surface area contributed by atoms with Crippen LogP contribution in [0.25, 0.3) is 0 Å². The van der Waals surface area contributed by atoms with Crippen LogP contribution in [-0.2, 0) is 19.1 Å². The predicted molar refractivity (Wildman–Crippen MR) is 72.7 cm³/mol. The zero-order chi connectivity index (χ0) is 14.3. The second kappa shape index (κ2) is 5.23. The largest absolute Gasteiger partial charge is 0.458 e. The van der Waals surface area contributed by atoms with Crippen LogP contribution in [0.4, 0.5) is 0 Å². The Morgan fingerprint density at radius 2 is 2.30 bits per heavy atom. The van der Waals surface area contributed by atoms with Crippen LogP contribution >= 0.6 is 0 Å². The molecule has 2 bridgehead atoms. The van der Waals surface area contributed by atoms with Gasteiger partial charge in [-0.2, -0.15) is 0 Å². The lowest BCUT2D eigenvalue weighted by molar-refractivity contribution is -0.165. The normalized spacial score (nSPS) is 39.3. The van der Waals surface area contributed by atoms with E-state index in [1.54, 1.807) is 0 Å². The van der Waals surface area contributed by atoms with Crippen molar-refractivity contribution in [3.8, 4) is 0 Å². The van der Waals surface area contributed by atoms with Gasteiger partial charge in [-0.1, -0.05) is 19.1 Å². The van der Waals surface area contributed by atoms with Crippen molar-refractivity contribution in [3.05, 3.63) is 12.2 Å². The van der Waals surface area contributed by atoms with Crippen LogP contribution in [0.2, 0.25) is 0 Å². The van der Waals surface area contributed by atoms with Crippen LogP contribution in [0.5, 0.6) is 0 Å². The van der Waals surface area contributed by atoms with Gasteiger partial charge < -0.3 is 9.47 Å². The molecule has 4 nitrogen and oxygen atoms in total. The summed E-state index contributed by atoms with van der Waals surface area (Å²) in [7, 11) is 0. The van der Waals surface area contributed by atoms with E-state index in [4.69, 9.17) is 9.47 Å². The van der Waals surface area contributed by atoms with Crippen LogP contribution in [0.1, 0.15) is 39.5 Å². The van der Waals surface area contributed by atoms with E-state index in [0.717, 1.165) is 25.7 Å². The average molecular weight is 278 g/mol. The molecule has 110 valence electrons. The minimum atomic E-state index is -0.195. The number of carbonyl (C=O) groups is 2. The number of esters is 2. The van der Waals surface area contributed by atoms with Crippen LogP contribution in [0.15, 0.2) is 12.2 Å². The van der Waals surface area contributed by atoms with Gasteiger partial charge in [-0.05, 0) is 32.6 Å². The maximum absolute atomic E-state index is 12.1. The SMILES string of the molecule is CC=CCCC(C)C(=O)OC1C2CC3C(=O)OC1C3C2. The molecular formula is C16H22O4. The van der Waals surface area contributed by atoms with Crippen molar-refractivity contribution in [3.63, 3.8) is 0 Å². The smallest absolute Gasteiger partial charge is 0.309 e. The molecule has 2 aliphatic carbocycles. The third kappa shape index (κ3) is 2.15. The molecule has 2 saturated carbocycles. The lowest BCUT2D eigenvalue weighted by Crippen LogP contribution is -2.37. The third-order valence-electron chi connectivity index (χ3n) is 5.07. The Morgan fingerprint density at radius 3 is 3.05 bits per heavy atom. The van der Waals surface area contributed by atoms with Crippen LogP contribution in [0.3, 0.4) is 0 Å². The molecule has 3 fully saturated rings. The summed E-state index contributed by atoms with van der Waals surface area (Å²) in [6.07, 6.45) is 7.20. The van der Waals surface area contributed by atoms with E-state index < -0.39 is 0 Å². The molecule has 3 rings (SSSR count). The number of allylic oxidation sites excluding steroid dienone is 2.